The molecule has 2 bridgehead atoms. The van der Waals surface area contributed by atoms with Gasteiger partial charge < -0.3 is 4.74 Å². The van der Waals surface area contributed by atoms with Crippen LogP contribution in [0.5, 0.6) is 0 Å². The number of nitrogens with zero attached hydrogens (tertiary/aromatic N) is 1. The first kappa shape index (κ1) is 9.22. The first-order chi connectivity index (χ1) is 6.27. The standard InChI is InChI=1S/C11H19NO/c1-9(2)6-12-10-4-3-5-11(12)8-13-7-10/h10-11H,1,3-8H2,2H3. The van der Waals surface area contributed by atoms with Crippen LogP contribution in [-0.4, -0.2) is 36.7 Å². The van der Waals surface area contributed by atoms with Crippen LogP contribution in [0, 0.1) is 0 Å². The van der Waals surface area contributed by atoms with Crippen molar-refractivity contribution in [1.82, 2.24) is 4.90 Å². The van der Waals surface area contributed by atoms with E-state index in [2.05, 4.69) is 18.4 Å². The highest BCUT2D eigenvalue weighted by Crippen LogP contribution is 2.27. The maximum Gasteiger partial charge on any atom is 0.0622 e. The van der Waals surface area contributed by atoms with Gasteiger partial charge in [-0.2, -0.15) is 0 Å². The molecule has 0 aromatic rings. The van der Waals surface area contributed by atoms with E-state index in [0.29, 0.717) is 12.1 Å². The molecular formula is C11H19NO. The first-order valence-electron chi connectivity index (χ1n) is 5.25. The lowest BCUT2D eigenvalue weighted by Crippen LogP contribution is -2.55. The van der Waals surface area contributed by atoms with Gasteiger partial charge in [0.15, 0.2) is 0 Å². The van der Waals surface area contributed by atoms with E-state index in [9.17, 15) is 0 Å². The average molecular weight is 181 g/mol. The summed E-state index contributed by atoms with van der Waals surface area (Å²) >= 11 is 0. The summed E-state index contributed by atoms with van der Waals surface area (Å²) in [6, 6.07) is 1.34. The van der Waals surface area contributed by atoms with Gasteiger partial charge in [-0.15, -0.1) is 0 Å². The van der Waals surface area contributed by atoms with Gasteiger partial charge in [0.05, 0.1) is 13.2 Å². The summed E-state index contributed by atoms with van der Waals surface area (Å²) in [5, 5.41) is 0. The minimum absolute atomic E-state index is 0.671. The number of rotatable bonds is 2. The molecule has 74 valence electrons. The minimum atomic E-state index is 0.671. The average Bonchev–Trinajstić information content (AvgIpc) is 2.02. The van der Waals surface area contributed by atoms with Crippen LogP contribution < -0.4 is 0 Å². The van der Waals surface area contributed by atoms with E-state index in [-0.39, 0.29) is 0 Å². The number of hydrogen-bond donors (Lipinski definition) is 0. The molecule has 0 spiro atoms. The van der Waals surface area contributed by atoms with Gasteiger partial charge in [-0.3, -0.25) is 4.90 Å². The summed E-state index contributed by atoms with van der Waals surface area (Å²) in [7, 11) is 0. The second kappa shape index (κ2) is 3.81. The zero-order valence-corrected chi connectivity index (χ0v) is 8.46. The number of hydrogen-bond acceptors (Lipinski definition) is 2. The number of fused-ring (bicyclic) bond motifs is 2. The van der Waals surface area contributed by atoms with Crippen molar-refractivity contribution in [2.75, 3.05) is 19.8 Å². The van der Waals surface area contributed by atoms with Gasteiger partial charge in [-0.25, -0.2) is 0 Å². The van der Waals surface area contributed by atoms with E-state index in [0.717, 1.165) is 19.8 Å². The van der Waals surface area contributed by atoms with Crippen LogP contribution in [0.25, 0.3) is 0 Å². The molecule has 2 saturated heterocycles. The molecule has 2 unspecified atom stereocenters. The third-order valence-electron chi connectivity index (χ3n) is 3.09. The molecule has 0 radical (unpaired) electrons. The van der Waals surface area contributed by atoms with Gasteiger partial charge in [0.1, 0.15) is 0 Å². The van der Waals surface area contributed by atoms with Crippen LogP contribution in [-0.2, 0) is 4.74 Å². The molecule has 2 aliphatic rings. The fourth-order valence-corrected chi connectivity index (χ4v) is 2.49. The molecule has 0 amide bonds. The van der Waals surface area contributed by atoms with Crippen molar-refractivity contribution in [1.29, 1.82) is 0 Å². The van der Waals surface area contributed by atoms with Crippen LogP contribution in [0.4, 0.5) is 0 Å². The Morgan fingerprint density at radius 3 is 2.54 bits per heavy atom. The van der Waals surface area contributed by atoms with Crippen molar-refractivity contribution >= 4 is 0 Å². The van der Waals surface area contributed by atoms with Crippen molar-refractivity contribution < 1.29 is 4.74 Å². The molecule has 2 atom stereocenters. The third-order valence-corrected chi connectivity index (χ3v) is 3.09. The van der Waals surface area contributed by atoms with Gasteiger partial charge in [-0.05, 0) is 19.8 Å². The Labute approximate surface area is 80.6 Å². The lowest BCUT2D eigenvalue weighted by molar-refractivity contribution is -0.0684. The van der Waals surface area contributed by atoms with Crippen molar-refractivity contribution in [3.63, 3.8) is 0 Å². The predicted octanol–water partition coefficient (Wildman–Crippen LogP) is 1.82. The molecule has 13 heavy (non-hydrogen) atoms. The van der Waals surface area contributed by atoms with E-state index < -0.39 is 0 Å². The number of piperidine rings is 1. The summed E-state index contributed by atoms with van der Waals surface area (Å²) in [4.78, 5) is 2.59. The molecule has 0 aromatic carbocycles. The second-order valence-electron chi connectivity index (χ2n) is 4.41. The van der Waals surface area contributed by atoms with Gasteiger partial charge in [0.25, 0.3) is 0 Å². The van der Waals surface area contributed by atoms with E-state index in [1.807, 2.05) is 0 Å². The monoisotopic (exact) mass is 181 g/mol. The SMILES string of the molecule is C=C(C)CN1C2CCCC1COC2. The summed E-state index contributed by atoms with van der Waals surface area (Å²) in [5.74, 6) is 0. The molecule has 0 aromatic heterocycles. The van der Waals surface area contributed by atoms with Crippen LogP contribution in [0.1, 0.15) is 26.2 Å². The topological polar surface area (TPSA) is 12.5 Å². The third kappa shape index (κ3) is 1.94. The van der Waals surface area contributed by atoms with Crippen LogP contribution in [0.3, 0.4) is 0 Å². The molecule has 2 aliphatic heterocycles. The molecule has 0 aliphatic carbocycles. The Morgan fingerprint density at radius 2 is 2.00 bits per heavy atom. The molecule has 2 rings (SSSR count). The largest absolute Gasteiger partial charge is 0.378 e. The lowest BCUT2D eigenvalue weighted by Gasteiger charge is -2.45. The van der Waals surface area contributed by atoms with Gasteiger partial charge >= 0.3 is 0 Å². The van der Waals surface area contributed by atoms with E-state index in [4.69, 9.17) is 4.74 Å². The Kier molecular flexibility index (Phi) is 2.70. The number of ether oxygens (including phenoxy) is 1. The second-order valence-corrected chi connectivity index (χ2v) is 4.41. The zero-order chi connectivity index (χ0) is 9.26. The Bertz CT molecular complexity index is 180. The zero-order valence-electron chi connectivity index (χ0n) is 8.46. The molecule has 2 heteroatoms. The lowest BCUT2D eigenvalue weighted by atomic mass is 9.94. The van der Waals surface area contributed by atoms with Crippen molar-refractivity contribution in [2.24, 2.45) is 0 Å². The molecule has 0 saturated carbocycles. The van der Waals surface area contributed by atoms with Crippen molar-refractivity contribution in [3.8, 4) is 0 Å². The molecule has 0 N–H and O–H groups in total. The van der Waals surface area contributed by atoms with Crippen molar-refractivity contribution in [2.45, 2.75) is 38.3 Å². The molecule has 2 fully saturated rings. The highest BCUT2D eigenvalue weighted by molar-refractivity contribution is 4.98. The molecular weight excluding hydrogens is 162 g/mol. The Balaban J connectivity index is 2.02. The molecule has 2 heterocycles. The highest BCUT2D eigenvalue weighted by atomic mass is 16.5. The quantitative estimate of drug-likeness (QED) is 0.602. The maximum absolute atomic E-state index is 5.58. The predicted molar refractivity (Wildman–Crippen MR) is 53.8 cm³/mol. The van der Waals surface area contributed by atoms with Gasteiger partial charge in [0.2, 0.25) is 0 Å². The van der Waals surface area contributed by atoms with E-state index in [1.165, 1.54) is 24.8 Å². The van der Waals surface area contributed by atoms with Crippen LogP contribution in [0.15, 0.2) is 12.2 Å². The smallest absolute Gasteiger partial charge is 0.0622 e. The normalized spacial score (nSPS) is 34.5. The Hall–Kier alpha value is -0.340. The summed E-state index contributed by atoms with van der Waals surface area (Å²) in [5.41, 5.74) is 1.28. The van der Waals surface area contributed by atoms with Crippen LogP contribution >= 0.6 is 0 Å². The fraction of sp³-hybridized carbons (Fsp3) is 0.818. The Morgan fingerprint density at radius 1 is 1.38 bits per heavy atom. The van der Waals surface area contributed by atoms with Gasteiger partial charge in [0, 0.05) is 18.6 Å². The minimum Gasteiger partial charge on any atom is -0.378 e. The van der Waals surface area contributed by atoms with Gasteiger partial charge in [-0.1, -0.05) is 18.6 Å². The summed E-state index contributed by atoms with van der Waals surface area (Å²) < 4.78 is 5.58. The first-order valence-corrected chi connectivity index (χ1v) is 5.25. The summed E-state index contributed by atoms with van der Waals surface area (Å²) in [6.45, 7) is 9.05. The fourth-order valence-electron chi connectivity index (χ4n) is 2.49. The highest BCUT2D eigenvalue weighted by Gasteiger charge is 2.33. The van der Waals surface area contributed by atoms with E-state index >= 15 is 0 Å². The van der Waals surface area contributed by atoms with E-state index in [1.54, 1.807) is 0 Å². The van der Waals surface area contributed by atoms with Crippen LogP contribution in [0.2, 0.25) is 0 Å². The summed E-state index contributed by atoms with van der Waals surface area (Å²) in [6.07, 6.45) is 4.00. The van der Waals surface area contributed by atoms with Crippen molar-refractivity contribution in [3.05, 3.63) is 12.2 Å². The number of morpholine rings is 1. The maximum atomic E-state index is 5.58. The molecule has 2 nitrogen and oxygen atoms in total.